The Balaban J connectivity index is 1.55. The summed E-state index contributed by atoms with van der Waals surface area (Å²) in [5, 5.41) is 0. The van der Waals surface area contributed by atoms with E-state index in [2.05, 4.69) is 27.8 Å². The second-order valence-corrected chi connectivity index (χ2v) is 6.32. The largest absolute Gasteiger partial charge is 0.497 e. The third kappa shape index (κ3) is 5.51. The molecule has 0 radical (unpaired) electrons. The fourth-order valence-corrected chi connectivity index (χ4v) is 2.92. The van der Waals surface area contributed by atoms with Gasteiger partial charge in [0.1, 0.15) is 17.2 Å². The molecule has 0 saturated heterocycles. The highest BCUT2D eigenvalue weighted by Crippen LogP contribution is 2.26. The average molecular weight is 366 g/mol. The van der Waals surface area contributed by atoms with E-state index in [1.165, 1.54) is 11.1 Å². The number of rotatable bonds is 10. The fourth-order valence-electron chi connectivity index (χ4n) is 2.92. The Morgan fingerprint density at radius 3 is 2.41 bits per heavy atom. The van der Waals surface area contributed by atoms with Crippen molar-refractivity contribution >= 4 is 0 Å². The number of methoxy groups -OCH3 is 2. The number of aryl methyl sites for hydroxylation is 3. The molecule has 0 bridgehead atoms. The van der Waals surface area contributed by atoms with Crippen molar-refractivity contribution in [2.75, 3.05) is 20.8 Å². The molecule has 0 spiro atoms. The number of benzene rings is 2. The molecule has 1 aromatic heterocycles. The van der Waals surface area contributed by atoms with Crippen molar-refractivity contribution in [3.63, 3.8) is 0 Å². The molecule has 0 atom stereocenters. The van der Waals surface area contributed by atoms with E-state index < -0.39 is 0 Å². The van der Waals surface area contributed by atoms with Crippen molar-refractivity contribution < 1.29 is 14.2 Å². The predicted octanol–water partition coefficient (Wildman–Crippen LogP) is 4.15. The highest BCUT2D eigenvalue weighted by atomic mass is 16.5. The van der Waals surface area contributed by atoms with Gasteiger partial charge < -0.3 is 18.8 Å². The molecule has 1 heterocycles. The molecule has 3 aromatic rings. The lowest BCUT2D eigenvalue weighted by Gasteiger charge is -2.13. The van der Waals surface area contributed by atoms with Gasteiger partial charge in [-0.2, -0.15) is 0 Å². The number of hydrogen-bond acceptors (Lipinski definition) is 4. The maximum atomic E-state index is 6.09. The molecule has 0 fully saturated rings. The molecule has 0 saturated carbocycles. The Hall–Kier alpha value is -2.95. The van der Waals surface area contributed by atoms with Crippen molar-refractivity contribution in [2.45, 2.75) is 25.8 Å². The van der Waals surface area contributed by atoms with E-state index in [0.717, 1.165) is 43.1 Å². The van der Waals surface area contributed by atoms with Crippen molar-refractivity contribution in [3.05, 3.63) is 72.3 Å². The summed E-state index contributed by atoms with van der Waals surface area (Å²) in [7, 11) is 3.36. The molecular formula is C22H26N2O3. The fraction of sp³-hybridized carbons (Fsp3) is 0.318. The first kappa shape index (κ1) is 18.8. The van der Waals surface area contributed by atoms with Crippen LogP contribution in [0.25, 0.3) is 0 Å². The van der Waals surface area contributed by atoms with Gasteiger partial charge in [0.25, 0.3) is 0 Å². The highest BCUT2D eigenvalue weighted by Gasteiger charge is 2.07. The molecular weight excluding hydrogens is 340 g/mol. The van der Waals surface area contributed by atoms with Gasteiger partial charge in [0, 0.05) is 25.0 Å². The minimum atomic E-state index is 0.664. The van der Waals surface area contributed by atoms with Gasteiger partial charge in [-0.05, 0) is 48.6 Å². The quantitative estimate of drug-likeness (QED) is 0.506. The minimum Gasteiger partial charge on any atom is -0.497 e. The molecule has 0 aliphatic heterocycles. The summed E-state index contributed by atoms with van der Waals surface area (Å²) in [6, 6.07) is 14.2. The minimum absolute atomic E-state index is 0.664. The third-order valence-corrected chi connectivity index (χ3v) is 4.50. The Labute approximate surface area is 160 Å². The Morgan fingerprint density at radius 1 is 0.926 bits per heavy atom. The Bertz CT molecular complexity index is 814. The maximum Gasteiger partial charge on any atom is 0.126 e. The lowest BCUT2D eigenvalue weighted by atomic mass is 10.1. The molecule has 5 heteroatoms. The zero-order valence-corrected chi connectivity index (χ0v) is 15.9. The van der Waals surface area contributed by atoms with E-state index in [-0.39, 0.29) is 0 Å². The van der Waals surface area contributed by atoms with E-state index in [9.17, 15) is 0 Å². The summed E-state index contributed by atoms with van der Waals surface area (Å²) in [4.78, 5) is 4.09. The smallest absolute Gasteiger partial charge is 0.126 e. The molecule has 0 aliphatic carbocycles. The third-order valence-electron chi connectivity index (χ3n) is 4.50. The number of nitrogens with zero attached hydrogens (tertiary/aromatic N) is 2. The molecule has 27 heavy (non-hydrogen) atoms. The zero-order chi connectivity index (χ0) is 18.9. The summed E-state index contributed by atoms with van der Waals surface area (Å²) in [5.41, 5.74) is 2.46. The van der Waals surface area contributed by atoms with Gasteiger partial charge in [-0.15, -0.1) is 0 Å². The lowest BCUT2D eigenvalue weighted by molar-refractivity contribution is 0.305. The van der Waals surface area contributed by atoms with Crippen LogP contribution in [0.3, 0.4) is 0 Å². The molecule has 2 aromatic carbocycles. The van der Waals surface area contributed by atoms with Gasteiger partial charge in [0.05, 0.1) is 27.2 Å². The Kier molecular flexibility index (Phi) is 6.74. The maximum absolute atomic E-state index is 6.09. The lowest BCUT2D eigenvalue weighted by Crippen LogP contribution is -2.05. The van der Waals surface area contributed by atoms with Gasteiger partial charge in [0.15, 0.2) is 0 Å². The van der Waals surface area contributed by atoms with Gasteiger partial charge in [0.2, 0.25) is 0 Å². The van der Waals surface area contributed by atoms with Crippen LogP contribution in [0.5, 0.6) is 17.2 Å². The van der Waals surface area contributed by atoms with Crippen molar-refractivity contribution in [1.82, 2.24) is 9.55 Å². The van der Waals surface area contributed by atoms with Gasteiger partial charge in [-0.25, -0.2) is 4.98 Å². The standard InChI is InChI=1S/C22H26N2O3/c1-25-20-8-5-18(6-9-20)4-3-15-27-22-16-21(26-2)10-7-19(22)11-13-24-14-12-23-17-24/h5-10,12,14,16-17H,3-4,11,13,15H2,1-2H3. The van der Waals surface area contributed by atoms with E-state index >= 15 is 0 Å². The van der Waals surface area contributed by atoms with Crippen LogP contribution in [0, 0.1) is 0 Å². The van der Waals surface area contributed by atoms with Crippen molar-refractivity contribution in [2.24, 2.45) is 0 Å². The second-order valence-electron chi connectivity index (χ2n) is 6.32. The van der Waals surface area contributed by atoms with Crippen LogP contribution < -0.4 is 14.2 Å². The number of aromatic nitrogens is 2. The van der Waals surface area contributed by atoms with E-state index in [0.29, 0.717) is 6.61 Å². The zero-order valence-electron chi connectivity index (χ0n) is 15.9. The molecule has 5 nitrogen and oxygen atoms in total. The SMILES string of the molecule is COc1ccc(CCCOc2cc(OC)ccc2CCn2ccnc2)cc1. The van der Waals surface area contributed by atoms with Crippen LogP contribution in [0.4, 0.5) is 0 Å². The molecule has 0 N–H and O–H groups in total. The highest BCUT2D eigenvalue weighted by molar-refractivity contribution is 5.41. The molecule has 0 amide bonds. The topological polar surface area (TPSA) is 45.5 Å². The molecule has 0 aliphatic rings. The van der Waals surface area contributed by atoms with E-state index in [1.54, 1.807) is 20.4 Å². The van der Waals surface area contributed by atoms with Gasteiger partial charge >= 0.3 is 0 Å². The first-order valence-electron chi connectivity index (χ1n) is 9.17. The summed E-state index contributed by atoms with van der Waals surface area (Å²) in [6.07, 6.45) is 8.40. The van der Waals surface area contributed by atoms with E-state index in [4.69, 9.17) is 14.2 Å². The summed E-state index contributed by atoms with van der Waals surface area (Å²) in [6.45, 7) is 1.53. The van der Waals surface area contributed by atoms with Gasteiger partial charge in [-0.1, -0.05) is 18.2 Å². The Morgan fingerprint density at radius 2 is 1.70 bits per heavy atom. The molecule has 3 rings (SSSR count). The van der Waals surface area contributed by atoms with E-state index in [1.807, 2.05) is 36.8 Å². The molecule has 142 valence electrons. The predicted molar refractivity (Wildman–Crippen MR) is 106 cm³/mol. The van der Waals surface area contributed by atoms with Crippen LogP contribution in [-0.2, 0) is 19.4 Å². The van der Waals surface area contributed by atoms with Gasteiger partial charge in [-0.3, -0.25) is 0 Å². The van der Waals surface area contributed by atoms with Crippen LogP contribution in [0.1, 0.15) is 17.5 Å². The summed E-state index contributed by atoms with van der Waals surface area (Å²) < 4.78 is 18.7. The van der Waals surface area contributed by atoms with Crippen LogP contribution in [0.15, 0.2) is 61.2 Å². The first-order chi connectivity index (χ1) is 13.3. The first-order valence-corrected chi connectivity index (χ1v) is 9.17. The van der Waals surface area contributed by atoms with Crippen LogP contribution >= 0.6 is 0 Å². The number of hydrogen-bond donors (Lipinski definition) is 0. The van der Waals surface area contributed by atoms with Crippen molar-refractivity contribution in [1.29, 1.82) is 0 Å². The summed E-state index contributed by atoms with van der Waals surface area (Å²) in [5.74, 6) is 2.59. The van der Waals surface area contributed by atoms with Crippen molar-refractivity contribution in [3.8, 4) is 17.2 Å². The van der Waals surface area contributed by atoms with Crippen LogP contribution in [-0.4, -0.2) is 30.4 Å². The number of ether oxygens (including phenoxy) is 3. The normalized spacial score (nSPS) is 10.6. The monoisotopic (exact) mass is 366 g/mol. The van der Waals surface area contributed by atoms with Crippen LogP contribution in [0.2, 0.25) is 0 Å². The average Bonchev–Trinajstić information content (AvgIpc) is 3.24. The second kappa shape index (κ2) is 9.67. The number of imidazole rings is 1. The molecule has 0 unspecified atom stereocenters. The summed E-state index contributed by atoms with van der Waals surface area (Å²) >= 11 is 0.